The molecule has 1 amide bonds. The molecular weight excluding hydrogens is 284 g/mol. The van der Waals surface area contributed by atoms with Crippen LogP contribution in [0.25, 0.3) is 0 Å². The van der Waals surface area contributed by atoms with Gasteiger partial charge in [-0.3, -0.25) is 9.69 Å². The molecule has 1 heterocycles. The number of morpholine rings is 1. The number of carbonyl (C=O) groups excluding carboxylic acids is 1. The lowest BCUT2D eigenvalue weighted by Gasteiger charge is -2.47. The molecule has 0 unspecified atom stereocenters. The highest BCUT2D eigenvalue weighted by Gasteiger charge is 2.45. The van der Waals surface area contributed by atoms with Crippen molar-refractivity contribution in [3.05, 3.63) is 0 Å². The van der Waals surface area contributed by atoms with Crippen molar-refractivity contribution in [1.29, 1.82) is 0 Å². The van der Waals surface area contributed by atoms with Crippen molar-refractivity contribution in [2.24, 2.45) is 5.92 Å². The Labute approximate surface area is 133 Å². The van der Waals surface area contributed by atoms with Gasteiger partial charge in [-0.05, 0) is 26.0 Å². The summed E-state index contributed by atoms with van der Waals surface area (Å²) < 4.78 is 5.50. The molecule has 21 heavy (non-hydrogen) atoms. The summed E-state index contributed by atoms with van der Waals surface area (Å²) in [6.45, 7) is 7.87. The van der Waals surface area contributed by atoms with Gasteiger partial charge in [0.15, 0.2) is 0 Å². The molecule has 1 saturated heterocycles. The predicted octanol–water partition coefficient (Wildman–Crippen LogP) is 2.14. The molecule has 1 N–H and O–H groups in total. The Morgan fingerprint density at radius 2 is 1.90 bits per heavy atom. The van der Waals surface area contributed by atoms with Crippen molar-refractivity contribution in [3.8, 4) is 0 Å². The van der Waals surface area contributed by atoms with Gasteiger partial charge in [-0.2, -0.15) is 11.8 Å². The van der Waals surface area contributed by atoms with Gasteiger partial charge in [-0.25, -0.2) is 0 Å². The van der Waals surface area contributed by atoms with Crippen LogP contribution in [0.4, 0.5) is 0 Å². The standard InChI is InChI=1S/C16H30N2O2S/c1-13(12-21-3)15(19)17-14(2)16(6-4-5-7-16)18-8-10-20-11-9-18/h13-14H,4-12H2,1-3H3,(H,17,19)/t13-,14+/m0/s1. The maximum atomic E-state index is 12.4. The Bertz CT molecular complexity index is 339. The zero-order chi connectivity index (χ0) is 15.3. The van der Waals surface area contributed by atoms with E-state index in [0.29, 0.717) is 0 Å². The van der Waals surface area contributed by atoms with E-state index in [1.165, 1.54) is 25.7 Å². The maximum Gasteiger partial charge on any atom is 0.223 e. The van der Waals surface area contributed by atoms with E-state index in [2.05, 4.69) is 23.4 Å². The van der Waals surface area contributed by atoms with Crippen LogP contribution >= 0.6 is 11.8 Å². The zero-order valence-electron chi connectivity index (χ0n) is 13.7. The normalized spacial score (nSPS) is 25.5. The molecule has 0 radical (unpaired) electrons. The minimum Gasteiger partial charge on any atom is -0.379 e. The molecule has 2 aliphatic rings. The molecule has 1 aliphatic heterocycles. The van der Waals surface area contributed by atoms with Crippen molar-refractivity contribution >= 4 is 17.7 Å². The Hall–Kier alpha value is -0.260. The third-order valence-corrected chi connectivity index (χ3v) is 5.97. The van der Waals surface area contributed by atoms with Gasteiger partial charge >= 0.3 is 0 Å². The highest BCUT2D eigenvalue weighted by Crippen LogP contribution is 2.38. The summed E-state index contributed by atoms with van der Waals surface area (Å²) in [7, 11) is 0. The number of amides is 1. The summed E-state index contributed by atoms with van der Waals surface area (Å²) in [6.07, 6.45) is 7.01. The number of thioether (sulfide) groups is 1. The Kier molecular flexibility index (Phi) is 6.38. The van der Waals surface area contributed by atoms with E-state index in [1.54, 1.807) is 11.8 Å². The third kappa shape index (κ3) is 3.93. The van der Waals surface area contributed by atoms with Crippen LogP contribution < -0.4 is 5.32 Å². The molecule has 5 heteroatoms. The first kappa shape index (κ1) is 17.1. The van der Waals surface area contributed by atoms with Crippen molar-refractivity contribution in [2.75, 3.05) is 38.3 Å². The summed E-state index contributed by atoms with van der Waals surface area (Å²) in [5.74, 6) is 1.19. The first-order chi connectivity index (χ1) is 10.1. The van der Waals surface area contributed by atoms with E-state index in [0.717, 1.165) is 32.1 Å². The Balaban J connectivity index is 2.01. The second kappa shape index (κ2) is 7.84. The molecule has 0 aromatic rings. The second-order valence-corrected chi connectivity index (χ2v) is 7.41. The van der Waals surface area contributed by atoms with Crippen LogP contribution in [0.3, 0.4) is 0 Å². The lowest BCUT2D eigenvalue weighted by molar-refractivity contribution is -0.126. The number of hydrogen-bond acceptors (Lipinski definition) is 4. The molecular formula is C16H30N2O2S. The molecule has 0 bridgehead atoms. The lowest BCUT2D eigenvalue weighted by Crippen LogP contribution is -2.62. The molecule has 1 saturated carbocycles. The molecule has 0 aromatic carbocycles. The highest BCUT2D eigenvalue weighted by atomic mass is 32.2. The number of carbonyl (C=O) groups is 1. The minimum absolute atomic E-state index is 0.0885. The highest BCUT2D eigenvalue weighted by molar-refractivity contribution is 7.98. The van der Waals surface area contributed by atoms with Crippen molar-refractivity contribution in [3.63, 3.8) is 0 Å². The quantitative estimate of drug-likeness (QED) is 0.815. The van der Waals surface area contributed by atoms with E-state index in [4.69, 9.17) is 4.74 Å². The van der Waals surface area contributed by atoms with E-state index in [1.807, 2.05) is 6.92 Å². The van der Waals surface area contributed by atoms with Gasteiger partial charge in [0.25, 0.3) is 0 Å². The largest absolute Gasteiger partial charge is 0.379 e. The van der Waals surface area contributed by atoms with Crippen LogP contribution in [-0.4, -0.2) is 60.7 Å². The van der Waals surface area contributed by atoms with Gasteiger partial charge in [-0.1, -0.05) is 19.8 Å². The first-order valence-corrected chi connectivity index (χ1v) is 9.61. The molecule has 4 nitrogen and oxygen atoms in total. The SMILES string of the molecule is CSC[C@H](C)C(=O)N[C@H](C)C1(N2CCOCC2)CCCC1. The van der Waals surface area contributed by atoms with Crippen LogP contribution in [0.2, 0.25) is 0 Å². The van der Waals surface area contributed by atoms with Crippen LogP contribution in [-0.2, 0) is 9.53 Å². The molecule has 2 atom stereocenters. The van der Waals surface area contributed by atoms with Gasteiger partial charge in [0.1, 0.15) is 0 Å². The van der Waals surface area contributed by atoms with Gasteiger partial charge in [0.2, 0.25) is 5.91 Å². The number of nitrogens with zero attached hydrogens (tertiary/aromatic N) is 1. The van der Waals surface area contributed by atoms with Crippen LogP contribution in [0.1, 0.15) is 39.5 Å². The van der Waals surface area contributed by atoms with E-state index < -0.39 is 0 Å². The van der Waals surface area contributed by atoms with Crippen LogP contribution in [0.15, 0.2) is 0 Å². The molecule has 0 aromatic heterocycles. The average Bonchev–Trinajstić information content (AvgIpc) is 2.99. The molecule has 2 rings (SSSR count). The van der Waals surface area contributed by atoms with E-state index >= 15 is 0 Å². The van der Waals surface area contributed by atoms with Crippen LogP contribution in [0, 0.1) is 5.92 Å². The number of hydrogen-bond donors (Lipinski definition) is 1. The summed E-state index contributed by atoms with van der Waals surface area (Å²) in [4.78, 5) is 14.9. The number of nitrogens with one attached hydrogen (secondary N) is 1. The predicted molar refractivity (Wildman–Crippen MR) is 88.7 cm³/mol. The fourth-order valence-corrected chi connectivity index (χ4v) is 4.49. The molecule has 2 fully saturated rings. The molecule has 1 aliphatic carbocycles. The number of ether oxygens (including phenoxy) is 1. The fourth-order valence-electron chi connectivity index (χ4n) is 3.83. The topological polar surface area (TPSA) is 41.6 Å². The van der Waals surface area contributed by atoms with Crippen molar-refractivity contribution < 1.29 is 9.53 Å². The lowest BCUT2D eigenvalue weighted by atomic mass is 9.86. The first-order valence-electron chi connectivity index (χ1n) is 8.22. The van der Waals surface area contributed by atoms with Crippen LogP contribution in [0.5, 0.6) is 0 Å². The summed E-state index contributed by atoms with van der Waals surface area (Å²) in [5.41, 5.74) is 0.151. The Morgan fingerprint density at radius 3 is 2.48 bits per heavy atom. The molecule has 122 valence electrons. The Morgan fingerprint density at radius 1 is 1.29 bits per heavy atom. The smallest absolute Gasteiger partial charge is 0.223 e. The average molecular weight is 314 g/mol. The van der Waals surface area contributed by atoms with Crippen molar-refractivity contribution in [1.82, 2.24) is 10.2 Å². The summed E-state index contributed by atoms with van der Waals surface area (Å²) >= 11 is 1.74. The second-order valence-electron chi connectivity index (χ2n) is 6.50. The fraction of sp³-hybridized carbons (Fsp3) is 0.938. The summed E-state index contributed by atoms with van der Waals surface area (Å²) in [5, 5.41) is 3.31. The van der Waals surface area contributed by atoms with Gasteiger partial charge in [0.05, 0.1) is 13.2 Å². The van der Waals surface area contributed by atoms with E-state index in [-0.39, 0.29) is 23.4 Å². The van der Waals surface area contributed by atoms with Gasteiger partial charge in [-0.15, -0.1) is 0 Å². The molecule has 0 spiro atoms. The minimum atomic E-state index is 0.0885. The number of rotatable bonds is 6. The van der Waals surface area contributed by atoms with Gasteiger partial charge in [0, 0.05) is 36.3 Å². The maximum absolute atomic E-state index is 12.4. The monoisotopic (exact) mass is 314 g/mol. The summed E-state index contributed by atoms with van der Waals surface area (Å²) in [6, 6.07) is 0.218. The zero-order valence-corrected chi connectivity index (χ0v) is 14.5. The third-order valence-electron chi connectivity index (χ3n) is 5.14. The van der Waals surface area contributed by atoms with E-state index in [9.17, 15) is 4.79 Å². The van der Waals surface area contributed by atoms with Crippen molar-refractivity contribution in [2.45, 2.75) is 51.1 Å². The van der Waals surface area contributed by atoms with Gasteiger partial charge < -0.3 is 10.1 Å².